The zero-order chi connectivity index (χ0) is 21.0. The number of nitrogens with zero attached hydrogens (tertiary/aromatic N) is 2. The van der Waals surface area contributed by atoms with Gasteiger partial charge in [0.25, 0.3) is 5.91 Å². The van der Waals surface area contributed by atoms with Crippen LogP contribution >= 0.6 is 11.6 Å². The van der Waals surface area contributed by atoms with Gasteiger partial charge in [0, 0.05) is 24.1 Å². The van der Waals surface area contributed by atoms with Gasteiger partial charge >= 0.3 is 0 Å². The number of nitrogens with two attached hydrogens (primary N) is 1. The van der Waals surface area contributed by atoms with Crippen LogP contribution in [0.25, 0.3) is 0 Å². The van der Waals surface area contributed by atoms with Crippen LogP contribution < -0.4 is 10.5 Å². The maximum Gasteiger partial charge on any atom is 0.276 e. The van der Waals surface area contributed by atoms with Gasteiger partial charge in [0.2, 0.25) is 5.91 Å². The highest BCUT2D eigenvalue weighted by Gasteiger charge is 2.41. The summed E-state index contributed by atoms with van der Waals surface area (Å²) in [6, 6.07) is 6.90. The molecule has 0 spiro atoms. The number of morpholine rings is 1. The Labute approximate surface area is 173 Å². The smallest absolute Gasteiger partial charge is 0.276 e. The molecule has 1 aliphatic rings. The van der Waals surface area contributed by atoms with Crippen LogP contribution in [0.1, 0.15) is 35.2 Å². The lowest BCUT2D eigenvalue weighted by Gasteiger charge is -2.41. The molecule has 2 N–H and O–H groups in total. The minimum absolute atomic E-state index is 0.0554. The summed E-state index contributed by atoms with van der Waals surface area (Å²) in [5.74, 6) is 0.399. The molecule has 9 heteroatoms. The fraction of sp³-hybridized carbons (Fsp3) is 0.450. The topological polar surface area (TPSA) is 108 Å². The Morgan fingerprint density at radius 2 is 2.17 bits per heavy atom. The first kappa shape index (κ1) is 21.1. The molecule has 0 saturated carbocycles. The van der Waals surface area contributed by atoms with Gasteiger partial charge in [-0.2, -0.15) is 0 Å². The molecule has 0 aliphatic carbocycles. The average Bonchev–Trinajstić information content (AvgIpc) is 3.17. The van der Waals surface area contributed by atoms with Crippen molar-refractivity contribution in [1.82, 2.24) is 10.1 Å². The monoisotopic (exact) mass is 421 g/mol. The number of ether oxygens (including phenoxy) is 2. The van der Waals surface area contributed by atoms with Gasteiger partial charge in [0.1, 0.15) is 23.7 Å². The van der Waals surface area contributed by atoms with E-state index < -0.39 is 11.5 Å². The second-order valence-corrected chi connectivity index (χ2v) is 7.54. The van der Waals surface area contributed by atoms with Crippen LogP contribution in [0.2, 0.25) is 5.02 Å². The number of aryl methyl sites for hydroxylation is 2. The summed E-state index contributed by atoms with van der Waals surface area (Å²) >= 11 is 6.05. The number of carbonyl (C=O) groups is 2. The van der Waals surface area contributed by atoms with Gasteiger partial charge in [0.15, 0.2) is 5.69 Å². The van der Waals surface area contributed by atoms with Gasteiger partial charge in [-0.1, -0.05) is 23.7 Å². The lowest BCUT2D eigenvalue weighted by molar-refractivity contribution is -0.142. The Morgan fingerprint density at radius 3 is 2.83 bits per heavy atom. The highest BCUT2D eigenvalue weighted by molar-refractivity contribution is 6.31. The molecule has 2 aromatic rings. The predicted octanol–water partition coefficient (Wildman–Crippen LogP) is 2.36. The lowest BCUT2D eigenvalue weighted by Crippen LogP contribution is -2.58. The second kappa shape index (κ2) is 8.84. The molecule has 1 aliphatic heterocycles. The van der Waals surface area contributed by atoms with Crippen molar-refractivity contribution in [1.29, 1.82) is 0 Å². The molecule has 3 rings (SSSR count). The van der Waals surface area contributed by atoms with E-state index in [0.29, 0.717) is 29.5 Å². The summed E-state index contributed by atoms with van der Waals surface area (Å²) < 4.78 is 16.9. The standard InChI is InChI=1S/C20H24ClN3O5/c1-3-14-9-17(23-29-14)19(26)24-6-7-28-20(11-24,10-18(22)25)12-27-15-4-5-16(21)13(2)8-15/h4-5,8-9H,3,6-7,10-12H2,1-2H3,(H2,22,25)/t20-/m0/s1. The summed E-state index contributed by atoms with van der Waals surface area (Å²) in [7, 11) is 0. The van der Waals surface area contributed by atoms with E-state index in [9.17, 15) is 9.59 Å². The van der Waals surface area contributed by atoms with Crippen LogP contribution in [-0.4, -0.2) is 53.8 Å². The van der Waals surface area contributed by atoms with Crippen molar-refractivity contribution in [3.05, 3.63) is 46.3 Å². The summed E-state index contributed by atoms with van der Waals surface area (Å²) in [4.78, 5) is 26.1. The van der Waals surface area contributed by atoms with Crippen molar-refractivity contribution in [2.24, 2.45) is 5.73 Å². The first-order chi connectivity index (χ1) is 13.8. The number of carbonyl (C=O) groups excluding carboxylic acids is 2. The van der Waals surface area contributed by atoms with E-state index in [1.54, 1.807) is 29.2 Å². The van der Waals surface area contributed by atoms with Crippen molar-refractivity contribution < 1.29 is 23.6 Å². The van der Waals surface area contributed by atoms with E-state index in [0.717, 1.165) is 5.56 Å². The number of rotatable bonds is 7. The molecule has 8 nitrogen and oxygen atoms in total. The van der Waals surface area contributed by atoms with Crippen molar-refractivity contribution in [2.45, 2.75) is 32.3 Å². The maximum absolute atomic E-state index is 12.8. The molecule has 1 aromatic heterocycles. The molecular weight excluding hydrogens is 398 g/mol. The highest BCUT2D eigenvalue weighted by Crippen LogP contribution is 2.27. The van der Waals surface area contributed by atoms with Crippen LogP contribution in [0.15, 0.2) is 28.8 Å². The molecule has 2 heterocycles. The first-order valence-corrected chi connectivity index (χ1v) is 9.76. The molecule has 0 unspecified atom stereocenters. The number of hydrogen-bond donors (Lipinski definition) is 1. The van der Waals surface area contributed by atoms with Crippen LogP contribution in [0.3, 0.4) is 0 Å². The number of benzene rings is 1. The third-order valence-corrected chi connectivity index (χ3v) is 5.21. The molecule has 0 radical (unpaired) electrons. The molecule has 1 saturated heterocycles. The Bertz CT molecular complexity index is 900. The number of aromatic nitrogens is 1. The van der Waals surface area contributed by atoms with Gasteiger partial charge in [-0.05, 0) is 30.7 Å². The summed E-state index contributed by atoms with van der Waals surface area (Å²) in [5, 5.41) is 4.47. The van der Waals surface area contributed by atoms with E-state index >= 15 is 0 Å². The van der Waals surface area contributed by atoms with Crippen molar-refractivity contribution in [2.75, 3.05) is 26.3 Å². The summed E-state index contributed by atoms with van der Waals surface area (Å²) in [5.41, 5.74) is 5.50. The third kappa shape index (κ3) is 5.07. The van der Waals surface area contributed by atoms with Gasteiger partial charge in [0.05, 0.1) is 19.6 Å². The fourth-order valence-electron chi connectivity index (χ4n) is 3.25. The second-order valence-electron chi connectivity index (χ2n) is 7.13. The van der Waals surface area contributed by atoms with Crippen LogP contribution in [0.4, 0.5) is 0 Å². The predicted molar refractivity (Wildman–Crippen MR) is 106 cm³/mol. The summed E-state index contributed by atoms with van der Waals surface area (Å²) in [6.45, 7) is 4.61. The van der Waals surface area contributed by atoms with E-state index in [4.69, 9.17) is 31.3 Å². The van der Waals surface area contributed by atoms with Gasteiger partial charge in [-0.15, -0.1) is 0 Å². The largest absolute Gasteiger partial charge is 0.490 e. The third-order valence-electron chi connectivity index (χ3n) is 4.79. The zero-order valence-electron chi connectivity index (χ0n) is 16.4. The maximum atomic E-state index is 12.8. The zero-order valence-corrected chi connectivity index (χ0v) is 17.2. The van der Waals surface area contributed by atoms with Gasteiger partial charge in [-0.25, -0.2) is 0 Å². The number of halogens is 1. The van der Waals surface area contributed by atoms with Crippen molar-refractivity contribution in [3.63, 3.8) is 0 Å². The van der Waals surface area contributed by atoms with Crippen molar-refractivity contribution in [3.8, 4) is 5.75 Å². The van der Waals surface area contributed by atoms with Crippen molar-refractivity contribution >= 4 is 23.4 Å². The average molecular weight is 422 g/mol. The van der Waals surface area contributed by atoms with E-state index in [1.165, 1.54) is 0 Å². The quantitative estimate of drug-likeness (QED) is 0.735. The molecule has 29 heavy (non-hydrogen) atoms. The molecule has 0 bridgehead atoms. The van der Waals surface area contributed by atoms with Gasteiger partial charge in [-0.3, -0.25) is 9.59 Å². The molecule has 156 valence electrons. The van der Waals surface area contributed by atoms with E-state index in [2.05, 4.69) is 5.16 Å². The Balaban J connectivity index is 1.76. The minimum atomic E-state index is -1.05. The Hall–Kier alpha value is -2.58. The fourth-order valence-corrected chi connectivity index (χ4v) is 3.36. The lowest BCUT2D eigenvalue weighted by atomic mass is 9.97. The minimum Gasteiger partial charge on any atom is -0.490 e. The first-order valence-electron chi connectivity index (χ1n) is 9.38. The molecule has 2 amide bonds. The SMILES string of the molecule is CCc1cc(C(=O)N2CCO[C@@](COc3ccc(Cl)c(C)c3)(CC(N)=O)C2)no1. The number of hydrogen-bond acceptors (Lipinski definition) is 6. The summed E-state index contributed by atoms with van der Waals surface area (Å²) in [6.07, 6.45) is 0.561. The number of primary amides is 1. The number of amides is 2. The van der Waals surface area contributed by atoms with Gasteiger partial charge < -0.3 is 24.6 Å². The van der Waals surface area contributed by atoms with E-state index in [-0.39, 0.29) is 37.8 Å². The van der Waals surface area contributed by atoms with Crippen LogP contribution in [-0.2, 0) is 16.0 Å². The molecule has 1 aromatic carbocycles. The Kier molecular flexibility index (Phi) is 6.44. The normalized spacial score (nSPS) is 19.2. The molecular formula is C20H24ClN3O5. The molecule has 1 atom stereocenters. The van der Waals surface area contributed by atoms with Crippen LogP contribution in [0, 0.1) is 6.92 Å². The highest BCUT2D eigenvalue weighted by atomic mass is 35.5. The van der Waals surface area contributed by atoms with Crippen LogP contribution in [0.5, 0.6) is 5.75 Å². The Morgan fingerprint density at radius 1 is 1.38 bits per heavy atom. The van der Waals surface area contributed by atoms with E-state index in [1.807, 2.05) is 13.8 Å². The molecule has 1 fully saturated rings.